The summed E-state index contributed by atoms with van der Waals surface area (Å²) in [6.07, 6.45) is 0. The first kappa shape index (κ1) is 9.58. The summed E-state index contributed by atoms with van der Waals surface area (Å²) in [5.74, 6) is 0.479. The van der Waals surface area contributed by atoms with E-state index in [0.717, 1.165) is 12.2 Å². The zero-order valence-corrected chi connectivity index (χ0v) is 9.10. The lowest BCUT2D eigenvalue weighted by Crippen LogP contribution is -2.19. The third kappa shape index (κ3) is 1.80. The number of aromatic amines is 1. The van der Waals surface area contributed by atoms with Crippen LogP contribution in [0.3, 0.4) is 0 Å². The van der Waals surface area contributed by atoms with Crippen LogP contribution >= 0.6 is 15.9 Å². The Morgan fingerprint density at radius 2 is 2.17 bits per heavy atom. The molecule has 0 aliphatic carbocycles. The van der Waals surface area contributed by atoms with Crippen molar-refractivity contribution in [3.8, 4) is 0 Å². The molecule has 0 unspecified atom stereocenters. The van der Waals surface area contributed by atoms with E-state index in [2.05, 4.69) is 34.9 Å². The number of aryl methyl sites for hydroxylation is 1. The van der Waals surface area contributed by atoms with E-state index in [-0.39, 0.29) is 5.56 Å². The molecule has 1 heterocycles. The molecule has 0 saturated heterocycles. The van der Waals surface area contributed by atoms with Gasteiger partial charge in [0.25, 0.3) is 5.56 Å². The van der Waals surface area contributed by atoms with E-state index in [1.165, 1.54) is 0 Å². The van der Waals surface area contributed by atoms with Crippen molar-refractivity contribution >= 4 is 15.9 Å². The van der Waals surface area contributed by atoms with E-state index in [9.17, 15) is 4.79 Å². The number of nitrogens with zero attached hydrogens (tertiary/aromatic N) is 1. The summed E-state index contributed by atoms with van der Waals surface area (Å²) >= 11 is 3.23. The summed E-state index contributed by atoms with van der Waals surface area (Å²) in [5.41, 5.74) is 0.918. The van der Waals surface area contributed by atoms with Crippen LogP contribution in [0.5, 0.6) is 0 Å². The smallest absolute Gasteiger partial charge is 0.281 e. The molecule has 0 spiro atoms. The van der Waals surface area contributed by atoms with Gasteiger partial charge in [-0.1, -0.05) is 13.8 Å². The molecule has 3 nitrogen and oxygen atoms in total. The molecule has 0 fully saturated rings. The van der Waals surface area contributed by atoms with Gasteiger partial charge in [0.15, 0.2) is 0 Å². The predicted molar refractivity (Wildman–Crippen MR) is 52.3 cm³/mol. The number of hydrogen-bond donors (Lipinski definition) is 1. The Kier molecular flexibility index (Phi) is 2.77. The lowest BCUT2D eigenvalue weighted by Gasteiger charge is -2.03. The number of halogens is 1. The van der Waals surface area contributed by atoms with Crippen LogP contribution in [0.15, 0.2) is 9.27 Å². The first-order chi connectivity index (χ1) is 5.52. The van der Waals surface area contributed by atoms with Gasteiger partial charge in [0, 0.05) is 12.2 Å². The lowest BCUT2D eigenvalue weighted by molar-refractivity contribution is 0.471. The molecule has 0 amide bonds. The first-order valence-electron chi connectivity index (χ1n) is 3.97. The van der Waals surface area contributed by atoms with E-state index in [1.807, 2.05) is 6.92 Å². The van der Waals surface area contributed by atoms with Gasteiger partial charge in [-0.25, -0.2) is 0 Å². The largest absolute Gasteiger partial charge is 0.299 e. The van der Waals surface area contributed by atoms with Crippen molar-refractivity contribution in [2.45, 2.75) is 27.3 Å². The van der Waals surface area contributed by atoms with Crippen LogP contribution in [0, 0.1) is 12.8 Å². The van der Waals surface area contributed by atoms with Crippen molar-refractivity contribution in [2.75, 3.05) is 0 Å². The molecule has 1 rings (SSSR count). The van der Waals surface area contributed by atoms with E-state index >= 15 is 0 Å². The minimum Gasteiger partial charge on any atom is -0.299 e. The van der Waals surface area contributed by atoms with Gasteiger partial charge in [-0.3, -0.25) is 14.6 Å². The molecule has 1 aromatic rings. The van der Waals surface area contributed by atoms with Gasteiger partial charge >= 0.3 is 0 Å². The van der Waals surface area contributed by atoms with Crippen molar-refractivity contribution in [1.82, 2.24) is 9.78 Å². The molecule has 0 radical (unpaired) electrons. The Morgan fingerprint density at radius 1 is 1.58 bits per heavy atom. The quantitative estimate of drug-likeness (QED) is 0.832. The maximum atomic E-state index is 11.4. The van der Waals surface area contributed by atoms with Gasteiger partial charge in [-0.15, -0.1) is 0 Å². The topological polar surface area (TPSA) is 37.8 Å². The van der Waals surface area contributed by atoms with E-state index in [0.29, 0.717) is 10.4 Å². The minimum absolute atomic E-state index is 0.0289. The van der Waals surface area contributed by atoms with Gasteiger partial charge < -0.3 is 0 Å². The van der Waals surface area contributed by atoms with E-state index < -0.39 is 0 Å². The molecular formula is C8H13BrN2O. The summed E-state index contributed by atoms with van der Waals surface area (Å²) in [4.78, 5) is 11.4. The van der Waals surface area contributed by atoms with Gasteiger partial charge in [-0.2, -0.15) is 0 Å². The Labute approximate surface area is 79.9 Å². The van der Waals surface area contributed by atoms with Crippen LogP contribution in [-0.2, 0) is 6.54 Å². The van der Waals surface area contributed by atoms with Crippen molar-refractivity contribution in [1.29, 1.82) is 0 Å². The van der Waals surface area contributed by atoms with Crippen molar-refractivity contribution in [3.05, 3.63) is 20.5 Å². The second-order valence-electron chi connectivity index (χ2n) is 3.36. The number of aromatic nitrogens is 2. The highest BCUT2D eigenvalue weighted by Crippen LogP contribution is 2.08. The molecule has 0 aliphatic rings. The molecular weight excluding hydrogens is 220 g/mol. The van der Waals surface area contributed by atoms with Crippen LogP contribution in [0.1, 0.15) is 19.5 Å². The molecule has 4 heteroatoms. The number of rotatable bonds is 2. The van der Waals surface area contributed by atoms with Crippen LogP contribution in [0.25, 0.3) is 0 Å². The Bertz CT molecular complexity index is 324. The second kappa shape index (κ2) is 3.47. The van der Waals surface area contributed by atoms with Crippen molar-refractivity contribution in [2.24, 2.45) is 5.92 Å². The van der Waals surface area contributed by atoms with Gasteiger partial charge in [0.05, 0.1) is 0 Å². The number of H-pyrrole nitrogens is 1. The van der Waals surface area contributed by atoms with Crippen LogP contribution < -0.4 is 5.56 Å². The Hall–Kier alpha value is -0.510. The van der Waals surface area contributed by atoms with Crippen molar-refractivity contribution < 1.29 is 0 Å². The average molecular weight is 233 g/mol. The number of nitrogens with one attached hydrogen (secondary N) is 1. The van der Waals surface area contributed by atoms with Gasteiger partial charge in [0.2, 0.25) is 0 Å². The normalized spacial score (nSPS) is 11.1. The lowest BCUT2D eigenvalue weighted by atomic mass is 10.2. The average Bonchev–Trinajstić information content (AvgIpc) is 2.17. The van der Waals surface area contributed by atoms with E-state index in [1.54, 1.807) is 4.68 Å². The third-order valence-electron chi connectivity index (χ3n) is 1.61. The highest BCUT2D eigenvalue weighted by atomic mass is 79.9. The maximum Gasteiger partial charge on any atom is 0.281 e. The molecule has 68 valence electrons. The molecule has 1 N–H and O–H groups in total. The SMILES string of the molecule is Cc1[nH]n(CC(C)C)c(=O)c1Br. The highest BCUT2D eigenvalue weighted by molar-refractivity contribution is 9.10. The summed E-state index contributed by atoms with van der Waals surface area (Å²) in [6, 6.07) is 0. The zero-order chi connectivity index (χ0) is 9.30. The fourth-order valence-electron chi connectivity index (χ4n) is 1.07. The summed E-state index contributed by atoms with van der Waals surface area (Å²) in [6.45, 7) is 6.78. The fourth-order valence-corrected chi connectivity index (χ4v) is 1.38. The summed E-state index contributed by atoms with van der Waals surface area (Å²) in [5, 5.41) is 3.00. The van der Waals surface area contributed by atoms with E-state index in [4.69, 9.17) is 0 Å². The molecule has 0 saturated carbocycles. The molecule has 0 bridgehead atoms. The minimum atomic E-state index is 0.0289. The molecule has 1 aromatic heterocycles. The zero-order valence-electron chi connectivity index (χ0n) is 7.52. The van der Waals surface area contributed by atoms with Crippen LogP contribution in [-0.4, -0.2) is 9.78 Å². The Balaban J connectivity index is 3.02. The first-order valence-corrected chi connectivity index (χ1v) is 4.76. The standard InChI is InChI=1S/C8H13BrN2O/c1-5(2)4-11-8(12)7(9)6(3)10-11/h5,10H,4H2,1-3H3. The molecule has 0 atom stereocenters. The third-order valence-corrected chi connectivity index (χ3v) is 2.55. The Morgan fingerprint density at radius 3 is 2.50 bits per heavy atom. The second-order valence-corrected chi connectivity index (χ2v) is 4.15. The van der Waals surface area contributed by atoms with Crippen molar-refractivity contribution in [3.63, 3.8) is 0 Å². The monoisotopic (exact) mass is 232 g/mol. The summed E-state index contributed by atoms with van der Waals surface area (Å²) in [7, 11) is 0. The van der Waals surface area contributed by atoms with Crippen LogP contribution in [0.2, 0.25) is 0 Å². The maximum absolute atomic E-state index is 11.4. The molecule has 0 aromatic carbocycles. The van der Waals surface area contributed by atoms with Gasteiger partial charge in [0.1, 0.15) is 4.47 Å². The highest BCUT2D eigenvalue weighted by Gasteiger charge is 2.07. The summed E-state index contributed by atoms with van der Waals surface area (Å²) < 4.78 is 2.27. The molecule has 0 aliphatic heterocycles. The van der Waals surface area contributed by atoms with Gasteiger partial charge in [-0.05, 0) is 28.8 Å². The van der Waals surface area contributed by atoms with Crippen LogP contribution in [0.4, 0.5) is 0 Å². The number of hydrogen-bond acceptors (Lipinski definition) is 1. The predicted octanol–water partition coefficient (Wildman–Crippen LogP) is 1.90. The fraction of sp³-hybridized carbons (Fsp3) is 0.625. The molecule has 12 heavy (non-hydrogen) atoms.